The molecule has 0 amide bonds. The van der Waals surface area contributed by atoms with E-state index in [4.69, 9.17) is 0 Å². The first-order chi connectivity index (χ1) is 8.20. The Hall–Kier alpha value is -1.35. The van der Waals surface area contributed by atoms with Gasteiger partial charge in [0.15, 0.2) is 0 Å². The third-order valence-corrected chi connectivity index (χ3v) is 3.70. The molecule has 1 aromatic rings. The number of carbonyl (C=O) groups excluding carboxylic acids is 1. The number of carbonyl (C=O) groups is 1. The molecule has 2 rings (SSSR count). The van der Waals surface area contributed by atoms with Crippen LogP contribution in [0.15, 0.2) is 24.3 Å². The Morgan fingerprint density at radius 1 is 1.29 bits per heavy atom. The van der Waals surface area contributed by atoms with Crippen LogP contribution in [0.1, 0.15) is 24.3 Å². The number of rotatable bonds is 3. The highest BCUT2D eigenvalue weighted by molar-refractivity contribution is 5.63. The number of aldehydes is 1. The predicted octanol–water partition coefficient (Wildman–Crippen LogP) is 2.02. The van der Waals surface area contributed by atoms with Crippen LogP contribution < -0.4 is 0 Å². The van der Waals surface area contributed by atoms with E-state index in [0.717, 1.165) is 37.8 Å². The Balaban J connectivity index is 2.10. The van der Waals surface area contributed by atoms with Crippen molar-refractivity contribution in [3.8, 4) is 5.75 Å². The molecule has 1 aliphatic heterocycles. The van der Waals surface area contributed by atoms with Gasteiger partial charge in [-0.05, 0) is 56.6 Å². The lowest BCUT2D eigenvalue weighted by molar-refractivity contribution is -0.110. The normalized spacial score (nSPS) is 20.1. The first-order valence-electron chi connectivity index (χ1n) is 6.13. The van der Waals surface area contributed by atoms with Crippen LogP contribution in [-0.4, -0.2) is 36.4 Å². The second-order valence-electron chi connectivity index (χ2n) is 4.89. The van der Waals surface area contributed by atoms with Crippen LogP contribution in [0.2, 0.25) is 0 Å². The van der Waals surface area contributed by atoms with E-state index in [-0.39, 0.29) is 11.7 Å². The number of likely N-dealkylation sites (tertiary alicyclic amines) is 1. The summed E-state index contributed by atoms with van der Waals surface area (Å²) in [4.78, 5) is 13.6. The summed E-state index contributed by atoms with van der Waals surface area (Å²) in [5.41, 5.74) is 1.02. The second kappa shape index (κ2) is 5.32. The van der Waals surface area contributed by atoms with Gasteiger partial charge in [-0.15, -0.1) is 0 Å². The standard InChI is InChI=1S/C14H19NO2/c1-15-8-6-12(7-9-15)14(10-16)11-2-4-13(17)5-3-11/h2-5,10,12,14,17H,6-9H2,1H3. The van der Waals surface area contributed by atoms with Crippen molar-refractivity contribution >= 4 is 6.29 Å². The fraction of sp³-hybridized carbons (Fsp3) is 0.500. The average molecular weight is 233 g/mol. The minimum absolute atomic E-state index is 0.0238. The molecule has 17 heavy (non-hydrogen) atoms. The molecule has 3 heteroatoms. The van der Waals surface area contributed by atoms with Gasteiger partial charge in [-0.1, -0.05) is 12.1 Å². The fourth-order valence-electron chi connectivity index (χ4n) is 2.55. The third kappa shape index (κ3) is 2.86. The van der Waals surface area contributed by atoms with E-state index in [1.165, 1.54) is 0 Å². The van der Waals surface area contributed by atoms with Gasteiger partial charge in [0.2, 0.25) is 0 Å². The number of aromatic hydroxyl groups is 1. The SMILES string of the molecule is CN1CCC(C(C=O)c2ccc(O)cc2)CC1. The van der Waals surface area contributed by atoms with Gasteiger partial charge in [-0.3, -0.25) is 0 Å². The summed E-state index contributed by atoms with van der Waals surface area (Å²) in [5, 5.41) is 9.26. The van der Waals surface area contributed by atoms with Gasteiger partial charge in [0.25, 0.3) is 0 Å². The van der Waals surface area contributed by atoms with Crippen molar-refractivity contribution in [2.24, 2.45) is 5.92 Å². The number of nitrogens with zero attached hydrogens (tertiary/aromatic N) is 1. The zero-order chi connectivity index (χ0) is 12.3. The predicted molar refractivity (Wildman–Crippen MR) is 67.1 cm³/mol. The molecule has 0 aliphatic carbocycles. The van der Waals surface area contributed by atoms with Gasteiger partial charge in [0, 0.05) is 5.92 Å². The lowest BCUT2D eigenvalue weighted by Crippen LogP contribution is -2.33. The highest BCUT2D eigenvalue weighted by atomic mass is 16.3. The molecule has 1 saturated heterocycles. The quantitative estimate of drug-likeness (QED) is 0.812. The first kappa shape index (κ1) is 12.1. The highest BCUT2D eigenvalue weighted by Gasteiger charge is 2.26. The monoisotopic (exact) mass is 233 g/mol. The van der Waals surface area contributed by atoms with E-state index in [2.05, 4.69) is 11.9 Å². The van der Waals surface area contributed by atoms with E-state index >= 15 is 0 Å². The van der Waals surface area contributed by atoms with Gasteiger partial charge in [-0.25, -0.2) is 0 Å². The summed E-state index contributed by atoms with van der Waals surface area (Å²) >= 11 is 0. The van der Waals surface area contributed by atoms with Crippen LogP contribution in [-0.2, 0) is 4.79 Å². The van der Waals surface area contributed by atoms with Crippen LogP contribution in [0.25, 0.3) is 0 Å². The van der Waals surface area contributed by atoms with Crippen molar-refractivity contribution in [1.82, 2.24) is 4.90 Å². The smallest absolute Gasteiger partial charge is 0.127 e. The zero-order valence-electron chi connectivity index (χ0n) is 10.2. The van der Waals surface area contributed by atoms with E-state index < -0.39 is 0 Å². The van der Waals surface area contributed by atoms with Crippen LogP contribution in [0.3, 0.4) is 0 Å². The lowest BCUT2D eigenvalue weighted by atomic mass is 9.81. The molecular formula is C14H19NO2. The molecule has 1 atom stereocenters. The number of benzene rings is 1. The molecule has 0 aromatic heterocycles. The van der Waals surface area contributed by atoms with Crippen LogP contribution in [0, 0.1) is 5.92 Å². The number of hydrogen-bond donors (Lipinski definition) is 1. The summed E-state index contributed by atoms with van der Waals surface area (Å²) in [6.45, 7) is 2.13. The summed E-state index contributed by atoms with van der Waals surface area (Å²) in [6, 6.07) is 7.01. The molecule has 3 nitrogen and oxygen atoms in total. The number of phenols is 1. The molecule has 0 radical (unpaired) electrons. The molecule has 0 saturated carbocycles. The largest absolute Gasteiger partial charge is 0.508 e. The first-order valence-corrected chi connectivity index (χ1v) is 6.13. The molecule has 1 N–H and O–H groups in total. The van der Waals surface area contributed by atoms with Crippen LogP contribution >= 0.6 is 0 Å². The van der Waals surface area contributed by atoms with Crippen molar-refractivity contribution in [2.75, 3.05) is 20.1 Å². The second-order valence-corrected chi connectivity index (χ2v) is 4.89. The molecule has 1 aliphatic rings. The van der Waals surface area contributed by atoms with Gasteiger partial charge in [-0.2, -0.15) is 0 Å². The summed E-state index contributed by atoms with van der Waals surface area (Å²) in [5.74, 6) is 0.666. The van der Waals surface area contributed by atoms with Gasteiger partial charge in [0.1, 0.15) is 12.0 Å². The van der Waals surface area contributed by atoms with Gasteiger partial charge < -0.3 is 14.8 Å². The molecule has 92 valence electrons. The van der Waals surface area contributed by atoms with Crippen LogP contribution in [0.5, 0.6) is 5.75 Å². The van der Waals surface area contributed by atoms with Gasteiger partial charge >= 0.3 is 0 Å². The number of hydrogen-bond acceptors (Lipinski definition) is 3. The minimum atomic E-state index is -0.0238. The number of piperidine rings is 1. The molecule has 1 fully saturated rings. The Kier molecular flexibility index (Phi) is 3.79. The molecular weight excluding hydrogens is 214 g/mol. The molecule has 1 aromatic carbocycles. The maximum absolute atomic E-state index is 11.3. The Labute approximate surface area is 102 Å². The summed E-state index contributed by atoms with van der Waals surface area (Å²) in [6.07, 6.45) is 3.20. The summed E-state index contributed by atoms with van der Waals surface area (Å²) in [7, 11) is 2.12. The third-order valence-electron chi connectivity index (χ3n) is 3.70. The minimum Gasteiger partial charge on any atom is -0.508 e. The van der Waals surface area contributed by atoms with E-state index in [0.29, 0.717) is 5.92 Å². The van der Waals surface area contributed by atoms with Crippen LogP contribution in [0.4, 0.5) is 0 Å². The Bertz CT molecular complexity index is 366. The maximum atomic E-state index is 11.3. The Morgan fingerprint density at radius 3 is 2.41 bits per heavy atom. The molecule has 0 bridgehead atoms. The van der Waals surface area contributed by atoms with E-state index in [9.17, 15) is 9.90 Å². The number of phenolic OH excluding ortho intramolecular Hbond substituents is 1. The zero-order valence-corrected chi connectivity index (χ0v) is 10.2. The average Bonchev–Trinajstić information content (AvgIpc) is 2.35. The van der Waals surface area contributed by atoms with Crippen molar-refractivity contribution in [2.45, 2.75) is 18.8 Å². The van der Waals surface area contributed by atoms with Crippen molar-refractivity contribution < 1.29 is 9.90 Å². The van der Waals surface area contributed by atoms with Crippen molar-refractivity contribution in [3.63, 3.8) is 0 Å². The molecule has 0 spiro atoms. The van der Waals surface area contributed by atoms with Gasteiger partial charge in [0.05, 0.1) is 0 Å². The van der Waals surface area contributed by atoms with E-state index in [1.807, 2.05) is 12.1 Å². The molecule has 1 unspecified atom stereocenters. The van der Waals surface area contributed by atoms with Crippen molar-refractivity contribution in [1.29, 1.82) is 0 Å². The highest BCUT2D eigenvalue weighted by Crippen LogP contribution is 2.31. The molecule has 1 heterocycles. The summed E-state index contributed by atoms with van der Waals surface area (Å²) < 4.78 is 0. The lowest BCUT2D eigenvalue weighted by Gasteiger charge is -2.32. The fourth-order valence-corrected chi connectivity index (χ4v) is 2.55. The van der Waals surface area contributed by atoms with E-state index in [1.54, 1.807) is 12.1 Å². The van der Waals surface area contributed by atoms with Crippen molar-refractivity contribution in [3.05, 3.63) is 29.8 Å². The topological polar surface area (TPSA) is 40.5 Å². The maximum Gasteiger partial charge on any atom is 0.127 e. The Morgan fingerprint density at radius 2 is 1.88 bits per heavy atom.